The van der Waals surface area contributed by atoms with E-state index in [1.54, 1.807) is 6.92 Å². The number of hydrogen-bond donors (Lipinski definition) is 0. The Hall–Kier alpha value is -1.57. The summed E-state index contributed by atoms with van der Waals surface area (Å²) in [5, 5.41) is 0. The van der Waals surface area contributed by atoms with Crippen LogP contribution in [0.1, 0.15) is 26.3 Å². The van der Waals surface area contributed by atoms with E-state index in [-0.39, 0.29) is 5.97 Å². The molecule has 16 heavy (non-hydrogen) atoms. The van der Waals surface area contributed by atoms with Crippen LogP contribution in [0.3, 0.4) is 0 Å². The molecule has 0 saturated heterocycles. The van der Waals surface area contributed by atoms with Crippen molar-refractivity contribution in [3.63, 3.8) is 0 Å². The predicted molar refractivity (Wildman–Crippen MR) is 65.2 cm³/mol. The Labute approximate surface area is 96.9 Å². The standard InChI is InChI=1S/C14H18O2/c1-5-16-13(15)11(2)14(3,4)12-9-7-6-8-10-12/h6-10H,2,5H2,1,3-4H3. The van der Waals surface area contributed by atoms with E-state index < -0.39 is 5.41 Å². The Morgan fingerprint density at radius 3 is 2.38 bits per heavy atom. The fourth-order valence-corrected chi connectivity index (χ4v) is 1.50. The van der Waals surface area contributed by atoms with Gasteiger partial charge in [0, 0.05) is 11.0 Å². The minimum Gasteiger partial charge on any atom is -0.463 e. The fraction of sp³-hybridized carbons (Fsp3) is 0.357. The van der Waals surface area contributed by atoms with Crippen LogP contribution in [0.5, 0.6) is 0 Å². The first-order chi connectivity index (χ1) is 7.50. The van der Waals surface area contributed by atoms with Crippen molar-refractivity contribution in [3.8, 4) is 0 Å². The number of carbonyl (C=O) groups excluding carboxylic acids is 1. The second kappa shape index (κ2) is 4.97. The molecule has 0 amide bonds. The number of ether oxygens (including phenoxy) is 1. The lowest BCUT2D eigenvalue weighted by Crippen LogP contribution is -2.26. The monoisotopic (exact) mass is 218 g/mol. The summed E-state index contributed by atoms with van der Waals surface area (Å²) in [5.74, 6) is -0.323. The van der Waals surface area contributed by atoms with Crippen LogP contribution in [0.4, 0.5) is 0 Å². The van der Waals surface area contributed by atoms with Gasteiger partial charge < -0.3 is 4.74 Å². The van der Waals surface area contributed by atoms with E-state index >= 15 is 0 Å². The molecule has 0 fully saturated rings. The molecule has 0 heterocycles. The van der Waals surface area contributed by atoms with Gasteiger partial charge in [0.1, 0.15) is 0 Å². The van der Waals surface area contributed by atoms with E-state index in [9.17, 15) is 4.79 Å². The molecule has 1 aromatic carbocycles. The molecule has 2 heteroatoms. The number of benzene rings is 1. The number of carbonyl (C=O) groups is 1. The number of rotatable bonds is 4. The van der Waals surface area contributed by atoms with Gasteiger partial charge in [-0.3, -0.25) is 0 Å². The summed E-state index contributed by atoms with van der Waals surface area (Å²) in [6, 6.07) is 9.84. The fourth-order valence-electron chi connectivity index (χ4n) is 1.50. The molecule has 0 atom stereocenters. The third-order valence-electron chi connectivity index (χ3n) is 2.77. The van der Waals surface area contributed by atoms with Crippen LogP contribution in [0, 0.1) is 0 Å². The second-order valence-corrected chi connectivity index (χ2v) is 4.19. The zero-order chi connectivity index (χ0) is 12.2. The summed E-state index contributed by atoms with van der Waals surface area (Å²) < 4.78 is 4.97. The van der Waals surface area contributed by atoms with Crippen molar-refractivity contribution in [1.29, 1.82) is 0 Å². The Morgan fingerprint density at radius 2 is 1.88 bits per heavy atom. The molecular weight excluding hydrogens is 200 g/mol. The Balaban J connectivity index is 2.94. The van der Waals surface area contributed by atoms with Crippen LogP contribution >= 0.6 is 0 Å². The molecule has 0 aromatic heterocycles. The maximum absolute atomic E-state index is 11.6. The average molecular weight is 218 g/mol. The van der Waals surface area contributed by atoms with E-state index in [0.717, 1.165) is 5.56 Å². The molecule has 2 nitrogen and oxygen atoms in total. The van der Waals surface area contributed by atoms with Crippen LogP contribution < -0.4 is 0 Å². The lowest BCUT2D eigenvalue weighted by Gasteiger charge is -2.26. The topological polar surface area (TPSA) is 26.3 Å². The van der Waals surface area contributed by atoms with E-state index in [4.69, 9.17) is 4.74 Å². The SMILES string of the molecule is C=C(C(=O)OCC)C(C)(C)c1ccccc1. The minimum atomic E-state index is -0.395. The second-order valence-electron chi connectivity index (χ2n) is 4.19. The average Bonchev–Trinajstić information content (AvgIpc) is 2.29. The van der Waals surface area contributed by atoms with Crippen LogP contribution in [0.15, 0.2) is 42.5 Å². The smallest absolute Gasteiger partial charge is 0.334 e. The van der Waals surface area contributed by atoms with E-state index in [0.29, 0.717) is 12.2 Å². The normalized spacial score (nSPS) is 10.9. The van der Waals surface area contributed by atoms with Gasteiger partial charge in [0.2, 0.25) is 0 Å². The first-order valence-electron chi connectivity index (χ1n) is 5.42. The van der Waals surface area contributed by atoms with Gasteiger partial charge in [-0.05, 0) is 12.5 Å². The molecule has 0 saturated carbocycles. The van der Waals surface area contributed by atoms with Crippen molar-refractivity contribution in [1.82, 2.24) is 0 Å². The molecule has 0 aliphatic rings. The highest BCUT2D eigenvalue weighted by molar-refractivity contribution is 5.90. The van der Waals surface area contributed by atoms with E-state index in [1.165, 1.54) is 0 Å². The van der Waals surface area contributed by atoms with Crippen LogP contribution in [-0.2, 0) is 14.9 Å². The third kappa shape index (κ3) is 2.51. The summed E-state index contributed by atoms with van der Waals surface area (Å²) in [4.78, 5) is 11.6. The molecule has 0 unspecified atom stereocenters. The lowest BCUT2D eigenvalue weighted by atomic mass is 9.78. The predicted octanol–water partition coefficient (Wildman–Crippen LogP) is 3.08. The van der Waals surface area contributed by atoms with Crippen LogP contribution in [0.25, 0.3) is 0 Å². The number of hydrogen-bond acceptors (Lipinski definition) is 2. The molecular formula is C14H18O2. The van der Waals surface area contributed by atoms with Gasteiger partial charge >= 0.3 is 5.97 Å². The van der Waals surface area contributed by atoms with Gasteiger partial charge in [-0.1, -0.05) is 50.8 Å². The van der Waals surface area contributed by atoms with E-state index in [1.807, 2.05) is 44.2 Å². The molecule has 1 rings (SSSR count). The summed E-state index contributed by atoms with van der Waals surface area (Å²) in [5.41, 5.74) is 1.15. The van der Waals surface area contributed by atoms with Crippen molar-refractivity contribution in [2.75, 3.05) is 6.61 Å². The number of esters is 1. The maximum Gasteiger partial charge on any atom is 0.334 e. The van der Waals surface area contributed by atoms with Crippen molar-refractivity contribution in [2.45, 2.75) is 26.2 Å². The van der Waals surface area contributed by atoms with Crippen molar-refractivity contribution in [3.05, 3.63) is 48.0 Å². The molecule has 0 N–H and O–H groups in total. The molecule has 0 aliphatic heterocycles. The molecule has 0 radical (unpaired) electrons. The molecule has 86 valence electrons. The first kappa shape index (κ1) is 12.5. The molecule has 0 bridgehead atoms. The van der Waals surface area contributed by atoms with Gasteiger partial charge in [0.05, 0.1) is 6.61 Å². The minimum absolute atomic E-state index is 0.323. The van der Waals surface area contributed by atoms with Crippen LogP contribution in [-0.4, -0.2) is 12.6 Å². The Bertz CT molecular complexity index is 377. The Morgan fingerprint density at radius 1 is 1.31 bits per heavy atom. The first-order valence-corrected chi connectivity index (χ1v) is 5.42. The zero-order valence-electron chi connectivity index (χ0n) is 10.1. The summed E-state index contributed by atoms with van der Waals surface area (Å²) in [6.07, 6.45) is 0. The van der Waals surface area contributed by atoms with Gasteiger partial charge in [0.25, 0.3) is 0 Å². The lowest BCUT2D eigenvalue weighted by molar-refractivity contribution is -0.139. The maximum atomic E-state index is 11.6. The highest BCUT2D eigenvalue weighted by Gasteiger charge is 2.29. The van der Waals surface area contributed by atoms with Gasteiger partial charge in [-0.25, -0.2) is 4.79 Å². The molecule has 1 aromatic rings. The molecule has 0 aliphatic carbocycles. The van der Waals surface area contributed by atoms with Crippen molar-refractivity contribution >= 4 is 5.97 Å². The van der Waals surface area contributed by atoms with E-state index in [2.05, 4.69) is 6.58 Å². The van der Waals surface area contributed by atoms with Gasteiger partial charge in [0.15, 0.2) is 0 Å². The quantitative estimate of drug-likeness (QED) is 0.573. The third-order valence-corrected chi connectivity index (χ3v) is 2.77. The van der Waals surface area contributed by atoms with Crippen LogP contribution in [0.2, 0.25) is 0 Å². The van der Waals surface area contributed by atoms with Gasteiger partial charge in [-0.15, -0.1) is 0 Å². The summed E-state index contributed by atoms with van der Waals surface area (Å²) in [7, 11) is 0. The largest absolute Gasteiger partial charge is 0.463 e. The van der Waals surface area contributed by atoms with Crippen molar-refractivity contribution < 1.29 is 9.53 Å². The highest BCUT2D eigenvalue weighted by Crippen LogP contribution is 2.30. The molecule has 0 spiro atoms. The summed E-state index contributed by atoms with van der Waals surface area (Å²) >= 11 is 0. The summed E-state index contributed by atoms with van der Waals surface area (Å²) in [6.45, 7) is 9.96. The Kier molecular flexibility index (Phi) is 3.88. The van der Waals surface area contributed by atoms with Gasteiger partial charge in [-0.2, -0.15) is 0 Å². The highest BCUT2D eigenvalue weighted by atomic mass is 16.5. The zero-order valence-corrected chi connectivity index (χ0v) is 10.1. The van der Waals surface area contributed by atoms with Crippen molar-refractivity contribution in [2.24, 2.45) is 0 Å².